The number of amides is 1. The molecule has 0 aliphatic carbocycles. The Morgan fingerprint density at radius 1 is 1.52 bits per heavy atom. The highest BCUT2D eigenvalue weighted by molar-refractivity contribution is 8.00. The summed E-state index contributed by atoms with van der Waals surface area (Å²) in [6.07, 6.45) is 1.68. The van der Waals surface area contributed by atoms with E-state index in [2.05, 4.69) is 22.1 Å². The zero-order chi connectivity index (χ0) is 15.8. The Morgan fingerprint density at radius 3 is 2.86 bits per heavy atom. The first-order chi connectivity index (χ1) is 9.99. The number of carbonyl (C=O) groups is 2. The van der Waals surface area contributed by atoms with Gasteiger partial charge in [0.1, 0.15) is 12.2 Å². The number of carbonyl (C=O) groups excluding carboxylic acids is 2. The minimum atomic E-state index is -0.346. The van der Waals surface area contributed by atoms with Crippen LogP contribution in [0.5, 0.6) is 0 Å². The Kier molecular flexibility index (Phi) is 6.93. The number of ether oxygens (including phenoxy) is 1. The van der Waals surface area contributed by atoms with Crippen LogP contribution >= 0.6 is 11.8 Å². The first kappa shape index (κ1) is 17.2. The monoisotopic (exact) mass is 312 g/mol. The van der Waals surface area contributed by atoms with E-state index in [9.17, 15) is 9.59 Å². The maximum Gasteiger partial charge on any atom is 0.313 e. The summed E-state index contributed by atoms with van der Waals surface area (Å²) in [7, 11) is 1.76. The molecule has 7 nitrogen and oxygen atoms in total. The van der Waals surface area contributed by atoms with Gasteiger partial charge in [0, 0.05) is 13.6 Å². The molecular weight excluding hydrogens is 292 g/mol. The molecule has 1 N–H and O–H groups in total. The van der Waals surface area contributed by atoms with E-state index in [-0.39, 0.29) is 23.5 Å². The normalized spacial score (nSPS) is 11.8. The summed E-state index contributed by atoms with van der Waals surface area (Å²) >= 11 is 1.28. The third-order valence-corrected chi connectivity index (χ3v) is 3.74. The Labute approximate surface area is 128 Å². The molecule has 1 rings (SSSR count). The van der Waals surface area contributed by atoms with Crippen LogP contribution in [0.4, 0.5) is 0 Å². The molecule has 1 atom stereocenters. The SMILES string of the molecule is C=CCNC(=O)[C@H](C)Sc1nnc(CC(=O)OCC)n1C. The average molecular weight is 312 g/mol. The number of esters is 1. The van der Waals surface area contributed by atoms with Gasteiger partial charge in [0.15, 0.2) is 5.16 Å². The topological polar surface area (TPSA) is 86.1 Å². The summed E-state index contributed by atoms with van der Waals surface area (Å²) in [6, 6.07) is 0. The van der Waals surface area contributed by atoms with E-state index in [1.165, 1.54) is 11.8 Å². The van der Waals surface area contributed by atoms with Crippen LogP contribution in [-0.4, -0.2) is 45.0 Å². The molecule has 0 aliphatic heterocycles. The lowest BCUT2D eigenvalue weighted by atomic mass is 10.4. The fraction of sp³-hybridized carbons (Fsp3) is 0.538. The largest absolute Gasteiger partial charge is 0.466 e. The van der Waals surface area contributed by atoms with Gasteiger partial charge >= 0.3 is 5.97 Å². The molecule has 1 aromatic rings. The average Bonchev–Trinajstić information content (AvgIpc) is 2.77. The molecule has 0 radical (unpaired) electrons. The molecule has 8 heteroatoms. The highest BCUT2D eigenvalue weighted by atomic mass is 32.2. The van der Waals surface area contributed by atoms with Crippen molar-refractivity contribution in [3.63, 3.8) is 0 Å². The van der Waals surface area contributed by atoms with Gasteiger partial charge in [-0.3, -0.25) is 9.59 Å². The number of hydrogen-bond acceptors (Lipinski definition) is 6. The van der Waals surface area contributed by atoms with Crippen LogP contribution < -0.4 is 5.32 Å². The van der Waals surface area contributed by atoms with E-state index in [1.807, 2.05) is 0 Å². The fourth-order valence-electron chi connectivity index (χ4n) is 1.47. The number of rotatable bonds is 8. The molecule has 21 heavy (non-hydrogen) atoms. The van der Waals surface area contributed by atoms with Crippen LogP contribution in [-0.2, 0) is 27.8 Å². The number of aromatic nitrogens is 3. The summed E-state index contributed by atoms with van der Waals surface area (Å²) in [5.74, 6) is 0.0609. The van der Waals surface area contributed by atoms with E-state index >= 15 is 0 Å². The van der Waals surface area contributed by atoms with Gasteiger partial charge in [0.05, 0.1) is 11.9 Å². The molecule has 1 aromatic heterocycles. The summed E-state index contributed by atoms with van der Waals surface area (Å²) in [5.41, 5.74) is 0. The summed E-state index contributed by atoms with van der Waals surface area (Å²) in [4.78, 5) is 23.2. The lowest BCUT2D eigenvalue weighted by Crippen LogP contribution is -2.31. The van der Waals surface area contributed by atoms with Crippen molar-refractivity contribution in [3.8, 4) is 0 Å². The predicted octanol–water partition coefficient (Wildman–Crippen LogP) is 0.703. The van der Waals surface area contributed by atoms with Crippen molar-refractivity contribution < 1.29 is 14.3 Å². The summed E-state index contributed by atoms with van der Waals surface area (Å²) < 4.78 is 6.57. The van der Waals surface area contributed by atoms with Crippen molar-refractivity contribution in [3.05, 3.63) is 18.5 Å². The molecular formula is C13H20N4O3S. The van der Waals surface area contributed by atoms with Crippen molar-refractivity contribution in [2.24, 2.45) is 7.05 Å². The highest BCUT2D eigenvalue weighted by Gasteiger charge is 2.19. The van der Waals surface area contributed by atoms with Gasteiger partial charge in [-0.25, -0.2) is 0 Å². The molecule has 0 aromatic carbocycles. The molecule has 116 valence electrons. The smallest absolute Gasteiger partial charge is 0.313 e. The van der Waals surface area contributed by atoms with Crippen molar-refractivity contribution in [1.29, 1.82) is 0 Å². The molecule has 0 fully saturated rings. The van der Waals surface area contributed by atoms with Gasteiger partial charge in [-0.2, -0.15) is 0 Å². The standard InChI is InChI=1S/C13H20N4O3S/c1-5-7-14-12(19)9(3)21-13-16-15-10(17(13)4)8-11(18)20-6-2/h5,9H,1,6-8H2,2-4H3,(H,14,19)/t9-/m0/s1. The Hall–Kier alpha value is -1.83. The van der Waals surface area contributed by atoms with Crippen molar-refractivity contribution in [2.75, 3.05) is 13.2 Å². The van der Waals surface area contributed by atoms with Crippen molar-refractivity contribution in [2.45, 2.75) is 30.7 Å². The highest BCUT2D eigenvalue weighted by Crippen LogP contribution is 2.21. The van der Waals surface area contributed by atoms with Crippen LogP contribution in [0.1, 0.15) is 19.7 Å². The maximum atomic E-state index is 11.8. The van der Waals surface area contributed by atoms with Gasteiger partial charge in [0.2, 0.25) is 5.91 Å². The maximum absolute atomic E-state index is 11.8. The Balaban J connectivity index is 2.64. The van der Waals surface area contributed by atoms with Crippen LogP contribution in [0.3, 0.4) is 0 Å². The first-order valence-electron chi connectivity index (χ1n) is 6.58. The Bertz CT molecular complexity index is 516. The van der Waals surface area contributed by atoms with E-state index in [1.54, 1.807) is 31.5 Å². The zero-order valence-electron chi connectivity index (χ0n) is 12.5. The van der Waals surface area contributed by atoms with Gasteiger partial charge in [-0.05, 0) is 13.8 Å². The van der Waals surface area contributed by atoms with Gasteiger partial charge < -0.3 is 14.6 Å². The third kappa shape index (κ3) is 5.22. The van der Waals surface area contributed by atoms with Gasteiger partial charge in [-0.1, -0.05) is 17.8 Å². The summed E-state index contributed by atoms with van der Waals surface area (Å²) in [5, 5.41) is 10.9. The van der Waals surface area contributed by atoms with E-state index < -0.39 is 0 Å². The van der Waals surface area contributed by atoms with E-state index in [0.717, 1.165) is 0 Å². The summed E-state index contributed by atoms with van der Waals surface area (Å²) in [6.45, 7) is 7.83. The number of hydrogen-bond donors (Lipinski definition) is 1. The molecule has 0 bridgehead atoms. The lowest BCUT2D eigenvalue weighted by molar-refractivity contribution is -0.142. The van der Waals surface area contributed by atoms with Crippen LogP contribution in [0.2, 0.25) is 0 Å². The second-order valence-electron chi connectivity index (χ2n) is 4.23. The molecule has 1 amide bonds. The molecule has 0 saturated carbocycles. The minimum absolute atomic E-state index is 0.0644. The van der Waals surface area contributed by atoms with E-state index in [0.29, 0.717) is 24.1 Å². The second-order valence-corrected chi connectivity index (χ2v) is 5.54. The van der Waals surface area contributed by atoms with Crippen LogP contribution in [0.15, 0.2) is 17.8 Å². The van der Waals surface area contributed by atoms with E-state index in [4.69, 9.17) is 4.74 Å². The zero-order valence-corrected chi connectivity index (χ0v) is 13.3. The van der Waals surface area contributed by atoms with Gasteiger partial charge in [0.25, 0.3) is 0 Å². The van der Waals surface area contributed by atoms with Crippen LogP contribution in [0, 0.1) is 0 Å². The quantitative estimate of drug-likeness (QED) is 0.432. The number of nitrogens with one attached hydrogen (secondary N) is 1. The van der Waals surface area contributed by atoms with Crippen molar-refractivity contribution in [1.82, 2.24) is 20.1 Å². The van der Waals surface area contributed by atoms with Crippen LogP contribution in [0.25, 0.3) is 0 Å². The third-order valence-electron chi connectivity index (χ3n) is 2.60. The molecule has 0 saturated heterocycles. The predicted molar refractivity (Wildman–Crippen MR) is 79.9 cm³/mol. The first-order valence-corrected chi connectivity index (χ1v) is 7.46. The molecule has 0 unspecified atom stereocenters. The van der Waals surface area contributed by atoms with Crippen molar-refractivity contribution >= 4 is 23.6 Å². The minimum Gasteiger partial charge on any atom is -0.466 e. The molecule has 0 aliphatic rings. The lowest BCUT2D eigenvalue weighted by Gasteiger charge is -2.10. The second kappa shape index (κ2) is 8.46. The van der Waals surface area contributed by atoms with Gasteiger partial charge in [-0.15, -0.1) is 16.8 Å². The number of nitrogens with zero attached hydrogens (tertiary/aromatic N) is 3. The number of thioether (sulfide) groups is 1. The Morgan fingerprint density at radius 2 is 2.24 bits per heavy atom. The molecule has 0 spiro atoms. The molecule has 1 heterocycles. The fourth-order valence-corrected chi connectivity index (χ4v) is 2.33.